The molecule has 20 heavy (non-hydrogen) atoms. The number of pyridine rings is 1. The molecule has 1 N–H and O–H groups in total. The van der Waals surface area contributed by atoms with Gasteiger partial charge in [0.25, 0.3) is 5.43 Å². The van der Waals surface area contributed by atoms with Crippen LogP contribution in [0.1, 0.15) is 10.4 Å². The van der Waals surface area contributed by atoms with E-state index in [2.05, 4.69) is 9.72 Å². The van der Waals surface area contributed by atoms with Gasteiger partial charge in [-0.15, -0.1) is 0 Å². The molecular weight excluding hydrogens is 268 g/mol. The van der Waals surface area contributed by atoms with E-state index in [1.807, 2.05) is 0 Å². The fourth-order valence-corrected chi connectivity index (χ4v) is 1.81. The molecular formula is C12H10N2O6. The van der Waals surface area contributed by atoms with E-state index in [4.69, 9.17) is 4.74 Å². The van der Waals surface area contributed by atoms with Crippen molar-refractivity contribution in [3.05, 3.63) is 44.2 Å². The van der Waals surface area contributed by atoms with E-state index in [0.717, 1.165) is 6.20 Å². The molecule has 0 atom stereocenters. The lowest BCUT2D eigenvalue weighted by Gasteiger charge is -2.08. The standard InChI is InChI=1S/C12H10N2O6/c1-19-10-4-8-6(3-7(10)12(16)20-2)11(15)9(5-13-8)14(17)18/h3-5H,1-2H3,(H,13,15). The fraction of sp³-hybridized carbons (Fsp3) is 0.167. The van der Waals surface area contributed by atoms with Crippen LogP contribution in [0.15, 0.2) is 23.1 Å². The predicted octanol–water partition coefficient (Wildman–Crippen LogP) is 1.23. The summed E-state index contributed by atoms with van der Waals surface area (Å²) in [5.41, 5.74) is -1.03. The van der Waals surface area contributed by atoms with Gasteiger partial charge in [-0.3, -0.25) is 14.9 Å². The van der Waals surface area contributed by atoms with Crippen LogP contribution in [0.3, 0.4) is 0 Å². The first-order valence-corrected chi connectivity index (χ1v) is 5.45. The highest BCUT2D eigenvalue weighted by Gasteiger charge is 2.19. The largest absolute Gasteiger partial charge is 0.496 e. The Kier molecular flexibility index (Phi) is 3.38. The van der Waals surface area contributed by atoms with E-state index >= 15 is 0 Å². The number of esters is 1. The highest BCUT2D eigenvalue weighted by molar-refractivity contribution is 5.98. The number of ether oxygens (including phenoxy) is 2. The SMILES string of the molecule is COC(=O)c1cc2c(=O)c([N+](=O)[O-])c[nH]c2cc1OC. The Morgan fingerprint density at radius 2 is 2.05 bits per heavy atom. The van der Waals surface area contributed by atoms with E-state index in [9.17, 15) is 19.7 Å². The molecule has 1 aromatic heterocycles. The van der Waals surface area contributed by atoms with E-state index < -0.39 is 22.0 Å². The van der Waals surface area contributed by atoms with Gasteiger partial charge in [0.1, 0.15) is 11.3 Å². The molecule has 2 aromatic rings. The number of nitro groups is 1. The van der Waals surface area contributed by atoms with Crippen molar-refractivity contribution in [1.29, 1.82) is 0 Å². The zero-order valence-corrected chi connectivity index (χ0v) is 10.6. The van der Waals surface area contributed by atoms with Gasteiger partial charge in [-0.1, -0.05) is 0 Å². The summed E-state index contributed by atoms with van der Waals surface area (Å²) in [7, 11) is 2.54. The number of hydrogen-bond acceptors (Lipinski definition) is 6. The summed E-state index contributed by atoms with van der Waals surface area (Å²) in [6.45, 7) is 0. The number of rotatable bonds is 3. The molecule has 0 aliphatic carbocycles. The van der Waals surface area contributed by atoms with Crippen molar-refractivity contribution < 1.29 is 19.2 Å². The summed E-state index contributed by atoms with van der Waals surface area (Å²) in [5, 5.41) is 10.7. The number of aromatic nitrogens is 1. The van der Waals surface area contributed by atoms with Crippen LogP contribution in [0.5, 0.6) is 5.75 Å². The lowest BCUT2D eigenvalue weighted by Crippen LogP contribution is -2.11. The average molecular weight is 278 g/mol. The second-order valence-corrected chi connectivity index (χ2v) is 3.85. The Morgan fingerprint density at radius 3 is 2.60 bits per heavy atom. The van der Waals surface area contributed by atoms with Gasteiger partial charge in [0.05, 0.1) is 36.2 Å². The number of carbonyl (C=O) groups is 1. The van der Waals surface area contributed by atoms with Crippen molar-refractivity contribution in [3.63, 3.8) is 0 Å². The average Bonchev–Trinajstić information content (AvgIpc) is 2.45. The van der Waals surface area contributed by atoms with Crippen LogP contribution in [0.2, 0.25) is 0 Å². The number of nitrogens with zero attached hydrogens (tertiary/aromatic N) is 1. The van der Waals surface area contributed by atoms with Crippen molar-refractivity contribution in [1.82, 2.24) is 4.98 Å². The Morgan fingerprint density at radius 1 is 1.35 bits per heavy atom. The summed E-state index contributed by atoms with van der Waals surface area (Å²) in [5.74, 6) is -0.497. The van der Waals surface area contributed by atoms with Gasteiger partial charge in [0.2, 0.25) is 0 Å². The van der Waals surface area contributed by atoms with E-state index in [0.29, 0.717) is 5.52 Å². The zero-order valence-electron chi connectivity index (χ0n) is 10.6. The molecule has 1 aromatic carbocycles. The predicted molar refractivity (Wildman–Crippen MR) is 69.1 cm³/mol. The third-order valence-corrected chi connectivity index (χ3v) is 2.78. The minimum absolute atomic E-state index is 0.0143. The van der Waals surface area contributed by atoms with E-state index in [1.54, 1.807) is 0 Å². The van der Waals surface area contributed by atoms with Gasteiger partial charge in [-0.25, -0.2) is 4.79 Å². The molecule has 104 valence electrons. The van der Waals surface area contributed by atoms with Crippen LogP contribution in [-0.2, 0) is 4.74 Å². The normalized spacial score (nSPS) is 10.3. The van der Waals surface area contributed by atoms with Crippen LogP contribution >= 0.6 is 0 Å². The zero-order chi connectivity index (χ0) is 14.9. The first-order valence-electron chi connectivity index (χ1n) is 5.45. The summed E-state index contributed by atoms with van der Waals surface area (Å²) in [6, 6.07) is 2.62. The Balaban J connectivity index is 2.83. The maximum Gasteiger partial charge on any atom is 0.341 e. The first kappa shape index (κ1) is 13.5. The highest BCUT2D eigenvalue weighted by atomic mass is 16.6. The molecule has 2 rings (SSSR count). The van der Waals surface area contributed by atoms with E-state index in [1.165, 1.54) is 26.4 Å². The van der Waals surface area contributed by atoms with Gasteiger partial charge in [-0.05, 0) is 6.07 Å². The lowest BCUT2D eigenvalue weighted by molar-refractivity contribution is -0.386. The van der Waals surface area contributed by atoms with Gasteiger partial charge in [0, 0.05) is 6.07 Å². The van der Waals surface area contributed by atoms with Gasteiger partial charge < -0.3 is 14.5 Å². The van der Waals surface area contributed by atoms with Gasteiger partial charge in [0.15, 0.2) is 0 Å². The minimum Gasteiger partial charge on any atom is -0.496 e. The Bertz CT molecular complexity index is 764. The number of methoxy groups -OCH3 is 2. The second kappa shape index (κ2) is 5.00. The number of fused-ring (bicyclic) bond motifs is 1. The van der Waals surface area contributed by atoms with Gasteiger partial charge in [-0.2, -0.15) is 0 Å². The number of hydrogen-bond donors (Lipinski definition) is 1. The van der Waals surface area contributed by atoms with Gasteiger partial charge >= 0.3 is 11.7 Å². The van der Waals surface area contributed by atoms with Crippen LogP contribution in [0.4, 0.5) is 5.69 Å². The van der Waals surface area contributed by atoms with Crippen LogP contribution in [0.25, 0.3) is 10.9 Å². The second-order valence-electron chi connectivity index (χ2n) is 3.85. The maximum atomic E-state index is 12.0. The minimum atomic E-state index is -0.791. The van der Waals surface area contributed by atoms with Crippen molar-refractivity contribution >= 4 is 22.6 Å². The maximum absolute atomic E-state index is 12.0. The van der Waals surface area contributed by atoms with Crippen LogP contribution in [0, 0.1) is 10.1 Å². The molecule has 0 fully saturated rings. The molecule has 0 unspecified atom stereocenters. The molecule has 8 nitrogen and oxygen atoms in total. The molecule has 0 saturated carbocycles. The summed E-state index contributed by atoms with van der Waals surface area (Å²) in [4.78, 5) is 36.2. The number of carbonyl (C=O) groups excluding carboxylic acids is 1. The molecule has 8 heteroatoms. The molecule has 0 radical (unpaired) electrons. The molecule has 0 saturated heterocycles. The number of nitrogens with one attached hydrogen (secondary N) is 1. The molecule has 0 aliphatic heterocycles. The number of aromatic amines is 1. The fourth-order valence-electron chi connectivity index (χ4n) is 1.81. The topological polar surface area (TPSA) is 112 Å². The molecule has 1 heterocycles. The smallest absolute Gasteiger partial charge is 0.341 e. The van der Waals surface area contributed by atoms with Crippen LogP contribution in [-0.4, -0.2) is 30.1 Å². The third kappa shape index (κ3) is 2.07. The quantitative estimate of drug-likeness (QED) is 0.513. The van der Waals surface area contributed by atoms with Crippen LogP contribution < -0.4 is 10.2 Å². The molecule has 0 aliphatic rings. The summed E-state index contributed by atoms with van der Waals surface area (Å²) >= 11 is 0. The Labute approximate surface area is 112 Å². The highest BCUT2D eigenvalue weighted by Crippen LogP contribution is 2.24. The number of H-pyrrole nitrogens is 1. The Hall–Kier alpha value is -2.90. The van der Waals surface area contributed by atoms with Crippen molar-refractivity contribution in [2.45, 2.75) is 0 Å². The monoisotopic (exact) mass is 278 g/mol. The number of benzene rings is 1. The molecule has 0 spiro atoms. The van der Waals surface area contributed by atoms with E-state index in [-0.39, 0.29) is 16.7 Å². The molecule has 0 bridgehead atoms. The van der Waals surface area contributed by atoms with Crippen molar-refractivity contribution in [2.75, 3.05) is 14.2 Å². The third-order valence-electron chi connectivity index (χ3n) is 2.78. The van der Waals surface area contributed by atoms with Crippen molar-refractivity contribution in [3.8, 4) is 5.75 Å². The first-order chi connectivity index (χ1) is 9.49. The van der Waals surface area contributed by atoms with Crippen molar-refractivity contribution in [2.24, 2.45) is 0 Å². The lowest BCUT2D eigenvalue weighted by atomic mass is 10.1. The molecule has 0 amide bonds. The summed E-state index contributed by atoms with van der Waals surface area (Å²) in [6.07, 6.45) is 1.00. The summed E-state index contributed by atoms with van der Waals surface area (Å²) < 4.78 is 9.62.